The lowest BCUT2D eigenvalue weighted by molar-refractivity contribution is -0.136. The van der Waals surface area contributed by atoms with Gasteiger partial charge < -0.3 is 15.7 Å². The molecule has 0 aliphatic heterocycles. The molecule has 2 rings (SSSR count). The van der Waals surface area contributed by atoms with E-state index in [0.717, 1.165) is 5.56 Å². The lowest BCUT2D eigenvalue weighted by Crippen LogP contribution is -2.36. The van der Waals surface area contributed by atoms with Gasteiger partial charge in [-0.05, 0) is 48.4 Å². The van der Waals surface area contributed by atoms with Crippen molar-refractivity contribution in [3.8, 4) is 5.75 Å². The molecule has 0 aliphatic rings. The largest absolute Gasteiger partial charge is 0.508 e. The Morgan fingerprint density at radius 1 is 0.960 bits per heavy atom. The van der Waals surface area contributed by atoms with Crippen molar-refractivity contribution < 1.29 is 23.1 Å². The summed E-state index contributed by atoms with van der Waals surface area (Å²) in [5, 5.41) is 19.0. The molecular formula is C16H17N3O5S. The van der Waals surface area contributed by atoms with Crippen LogP contribution in [0.25, 0.3) is 0 Å². The normalized spacial score (nSPS) is 10.9. The van der Waals surface area contributed by atoms with E-state index >= 15 is 0 Å². The molecule has 0 aromatic heterocycles. The van der Waals surface area contributed by atoms with Gasteiger partial charge >= 0.3 is 11.8 Å². The number of sulfonamides is 1. The van der Waals surface area contributed by atoms with Gasteiger partial charge in [0.15, 0.2) is 0 Å². The van der Waals surface area contributed by atoms with E-state index in [-0.39, 0.29) is 17.2 Å². The highest BCUT2D eigenvalue weighted by molar-refractivity contribution is 7.89. The molecule has 0 spiro atoms. The van der Waals surface area contributed by atoms with Crippen LogP contribution in [-0.4, -0.2) is 31.9 Å². The van der Waals surface area contributed by atoms with Crippen LogP contribution in [-0.2, 0) is 26.0 Å². The van der Waals surface area contributed by atoms with E-state index in [0.29, 0.717) is 12.1 Å². The second kappa shape index (κ2) is 7.77. The Balaban J connectivity index is 1.81. The fraction of sp³-hybridized carbons (Fsp3) is 0.125. The lowest BCUT2D eigenvalue weighted by Gasteiger charge is -2.07. The number of nitrogens with two attached hydrogens (primary N) is 1. The molecule has 0 atom stereocenters. The maximum Gasteiger partial charge on any atom is 0.313 e. The molecule has 5 N–H and O–H groups in total. The average molecular weight is 363 g/mol. The standard InChI is InChI=1S/C16H17N3O5S/c17-25(23,24)14-7-1-11(2-8-14)9-10-18-15(21)16(22)19-12-3-5-13(20)6-4-12/h1-8,20H,9-10H2,(H,18,21)(H,19,22)(H2,17,23,24). The highest BCUT2D eigenvalue weighted by atomic mass is 32.2. The second-order valence-electron chi connectivity index (χ2n) is 5.20. The Labute approximate surface area is 144 Å². The van der Waals surface area contributed by atoms with Gasteiger partial charge in [-0.2, -0.15) is 0 Å². The van der Waals surface area contributed by atoms with Crippen molar-refractivity contribution in [2.45, 2.75) is 11.3 Å². The molecule has 0 saturated carbocycles. The van der Waals surface area contributed by atoms with Gasteiger partial charge in [0.2, 0.25) is 10.0 Å². The predicted molar refractivity (Wildman–Crippen MR) is 91.3 cm³/mol. The van der Waals surface area contributed by atoms with Crippen LogP contribution in [0.2, 0.25) is 0 Å². The Morgan fingerprint density at radius 3 is 2.12 bits per heavy atom. The number of amides is 2. The fourth-order valence-electron chi connectivity index (χ4n) is 1.98. The summed E-state index contributed by atoms with van der Waals surface area (Å²) in [6.45, 7) is 0.205. The van der Waals surface area contributed by atoms with Crippen molar-refractivity contribution in [2.24, 2.45) is 5.14 Å². The quantitative estimate of drug-likeness (QED) is 0.448. The number of phenolic OH excluding ortho intramolecular Hbond substituents is 1. The minimum absolute atomic E-state index is 0.00793. The lowest BCUT2D eigenvalue weighted by atomic mass is 10.1. The molecule has 0 bridgehead atoms. The van der Waals surface area contributed by atoms with Crippen LogP contribution in [0.3, 0.4) is 0 Å². The summed E-state index contributed by atoms with van der Waals surface area (Å²) in [6.07, 6.45) is 0.420. The maximum absolute atomic E-state index is 11.7. The number of carbonyl (C=O) groups excluding carboxylic acids is 2. The number of anilines is 1. The van der Waals surface area contributed by atoms with Crippen molar-refractivity contribution in [3.63, 3.8) is 0 Å². The molecule has 9 heteroatoms. The number of nitrogens with one attached hydrogen (secondary N) is 2. The van der Waals surface area contributed by atoms with E-state index in [1.165, 1.54) is 36.4 Å². The number of phenols is 1. The zero-order valence-corrected chi connectivity index (χ0v) is 13.9. The zero-order valence-electron chi connectivity index (χ0n) is 13.1. The van der Waals surface area contributed by atoms with Crippen LogP contribution in [0.15, 0.2) is 53.4 Å². The van der Waals surface area contributed by atoms with Crippen molar-refractivity contribution in [1.29, 1.82) is 0 Å². The Hall–Kier alpha value is -2.91. The third-order valence-electron chi connectivity index (χ3n) is 3.28. The van der Waals surface area contributed by atoms with E-state index in [1.54, 1.807) is 12.1 Å². The first kappa shape index (κ1) is 18.4. The van der Waals surface area contributed by atoms with E-state index in [1.807, 2.05) is 0 Å². The predicted octanol–water partition coefficient (Wildman–Crippen LogP) is 0.337. The Bertz CT molecular complexity index is 862. The zero-order chi connectivity index (χ0) is 18.4. The van der Waals surface area contributed by atoms with Crippen LogP contribution in [0.5, 0.6) is 5.75 Å². The number of hydrogen-bond donors (Lipinski definition) is 4. The van der Waals surface area contributed by atoms with E-state index in [4.69, 9.17) is 10.2 Å². The minimum atomic E-state index is -3.74. The van der Waals surface area contributed by atoms with E-state index in [9.17, 15) is 18.0 Å². The molecule has 2 aromatic carbocycles. The summed E-state index contributed by atoms with van der Waals surface area (Å²) in [5.74, 6) is -1.57. The molecule has 2 aromatic rings. The number of hydrogen-bond acceptors (Lipinski definition) is 5. The monoisotopic (exact) mass is 363 g/mol. The third kappa shape index (κ3) is 5.59. The highest BCUT2D eigenvalue weighted by Crippen LogP contribution is 2.13. The molecular weight excluding hydrogens is 346 g/mol. The topological polar surface area (TPSA) is 139 Å². The summed E-state index contributed by atoms with van der Waals surface area (Å²) in [4.78, 5) is 23.5. The first-order chi connectivity index (χ1) is 11.8. The van der Waals surface area contributed by atoms with Gasteiger partial charge in [-0.3, -0.25) is 9.59 Å². The van der Waals surface area contributed by atoms with Gasteiger partial charge in [-0.25, -0.2) is 13.6 Å². The first-order valence-corrected chi connectivity index (χ1v) is 8.80. The number of benzene rings is 2. The smallest absolute Gasteiger partial charge is 0.313 e. The van der Waals surface area contributed by atoms with Crippen molar-refractivity contribution in [3.05, 3.63) is 54.1 Å². The Kier molecular flexibility index (Phi) is 5.73. The summed E-state index contributed by atoms with van der Waals surface area (Å²) < 4.78 is 22.3. The summed E-state index contributed by atoms with van der Waals surface area (Å²) in [5.41, 5.74) is 1.17. The number of primary sulfonamides is 1. The van der Waals surface area contributed by atoms with Gasteiger partial charge in [0.1, 0.15) is 5.75 Å². The van der Waals surface area contributed by atoms with Gasteiger partial charge in [0, 0.05) is 12.2 Å². The average Bonchev–Trinajstić information content (AvgIpc) is 2.56. The van der Waals surface area contributed by atoms with Gasteiger partial charge in [0.25, 0.3) is 0 Å². The molecule has 0 heterocycles. The van der Waals surface area contributed by atoms with Crippen LogP contribution >= 0.6 is 0 Å². The minimum Gasteiger partial charge on any atom is -0.508 e. The summed E-state index contributed by atoms with van der Waals surface area (Å²) in [6, 6.07) is 11.6. The summed E-state index contributed by atoms with van der Waals surface area (Å²) in [7, 11) is -3.74. The molecule has 25 heavy (non-hydrogen) atoms. The molecule has 2 amide bonds. The molecule has 0 unspecified atom stereocenters. The highest BCUT2D eigenvalue weighted by Gasteiger charge is 2.13. The SMILES string of the molecule is NS(=O)(=O)c1ccc(CCNC(=O)C(=O)Nc2ccc(O)cc2)cc1. The van der Waals surface area contributed by atoms with Crippen molar-refractivity contribution in [1.82, 2.24) is 5.32 Å². The van der Waals surface area contributed by atoms with Crippen LogP contribution in [0, 0.1) is 0 Å². The summed E-state index contributed by atoms with van der Waals surface area (Å²) >= 11 is 0. The molecule has 0 radical (unpaired) electrons. The molecule has 8 nitrogen and oxygen atoms in total. The Morgan fingerprint density at radius 2 is 1.56 bits per heavy atom. The second-order valence-corrected chi connectivity index (χ2v) is 6.76. The molecule has 0 saturated heterocycles. The fourth-order valence-corrected chi connectivity index (χ4v) is 2.49. The van der Waals surface area contributed by atoms with Gasteiger partial charge in [-0.15, -0.1) is 0 Å². The first-order valence-electron chi connectivity index (χ1n) is 7.25. The maximum atomic E-state index is 11.7. The molecule has 132 valence electrons. The van der Waals surface area contributed by atoms with Crippen LogP contribution < -0.4 is 15.8 Å². The van der Waals surface area contributed by atoms with Crippen LogP contribution in [0.4, 0.5) is 5.69 Å². The third-order valence-corrected chi connectivity index (χ3v) is 4.21. The van der Waals surface area contributed by atoms with Crippen molar-refractivity contribution in [2.75, 3.05) is 11.9 Å². The molecule has 0 fully saturated rings. The van der Waals surface area contributed by atoms with Crippen molar-refractivity contribution >= 4 is 27.5 Å². The van der Waals surface area contributed by atoms with Gasteiger partial charge in [-0.1, -0.05) is 12.1 Å². The van der Waals surface area contributed by atoms with Gasteiger partial charge in [0.05, 0.1) is 4.90 Å². The van der Waals surface area contributed by atoms with Crippen LogP contribution in [0.1, 0.15) is 5.56 Å². The van der Waals surface area contributed by atoms with E-state index < -0.39 is 21.8 Å². The number of carbonyl (C=O) groups is 2. The van der Waals surface area contributed by atoms with E-state index in [2.05, 4.69) is 10.6 Å². The molecule has 0 aliphatic carbocycles. The number of rotatable bonds is 5. The number of aromatic hydroxyl groups is 1.